The molecule has 4 rings (SSSR count). The molecule has 3 aromatic rings. The van der Waals surface area contributed by atoms with Crippen LogP contribution in [0.4, 0.5) is 10.1 Å². The van der Waals surface area contributed by atoms with E-state index in [1.807, 2.05) is 10.9 Å². The maximum absolute atomic E-state index is 14.2. The van der Waals surface area contributed by atoms with E-state index in [0.717, 1.165) is 18.1 Å². The lowest BCUT2D eigenvalue weighted by Crippen LogP contribution is -2.28. The van der Waals surface area contributed by atoms with Crippen LogP contribution in [0.1, 0.15) is 48.9 Å². The number of rotatable bonds is 6. The van der Waals surface area contributed by atoms with E-state index < -0.39 is 11.6 Å². The molecule has 8 nitrogen and oxygen atoms in total. The number of aromatic nitrogens is 3. The monoisotopic (exact) mass is 440 g/mol. The van der Waals surface area contributed by atoms with E-state index in [0.29, 0.717) is 30.0 Å². The molecule has 1 aliphatic heterocycles. The highest BCUT2D eigenvalue weighted by Crippen LogP contribution is 2.32. The maximum atomic E-state index is 14.2. The van der Waals surface area contributed by atoms with Crippen molar-refractivity contribution in [3.8, 4) is 5.75 Å². The van der Waals surface area contributed by atoms with Gasteiger partial charge in [-0.05, 0) is 44.9 Å². The van der Waals surface area contributed by atoms with Crippen molar-refractivity contribution < 1.29 is 23.5 Å². The zero-order valence-electron chi connectivity index (χ0n) is 18.2. The molecule has 1 aromatic carbocycles. The van der Waals surface area contributed by atoms with Gasteiger partial charge in [0.1, 0.15) is 29.5 Å². The molecule has 9 heteroatoms. The third-order valence-electron chi connectivity index (χ3n) is 5.50. The first kappa shape index (κ1) is 21.9. The molecule has 1 aliphatic rings. The third-order valence-corrected chi connectivity index (χ3v) is 5.50. The lowest BCUT2D eigenvalue weighted by molar-refractivity contribution is -0.122. The van der Waals surface area contributed by atoms with Gasteiger partial charge in [-0.3, -0.25) is 9.48 Å². The predicted molar refractivity (Wildman–Crippen MR) is 117 cm³/mol. The number of benzene rings is 1. The van der Waals surface area contributed by atoms with Gasteiger partial charge in [0.15, 0.2) is 0 Å². The van der Waals surface area contributed by atoms with Crippen LogP contribution in [0.25, 0.3) is 10.9 Å². The van der Waals surface area contributed by atoms with Crippen LogP contribution in [-0.4, -0.2) is 46.8 Å². The van der Waals surface area contributed by atoms with Gasteiger partial charge in [0.2, 0.25) is 0 Å². The van der Waals surface area contributed by atoms with Crippen molar-refractivity contribution in [3.05, 3.63) is 47.9 Å². The van der Waals surface area contributed by atoms with Gasteiger partial charge in [-0.25, -0.2) is 9.37 Å². The Labute approximate surface area is 184 Å². The van der Waals surface area contributed by atoms with Crippen LogP contribution in [0.2, 0.25) is 0 Å². The number of halogens is 1. The normalized spacial score (nSPS) is 19.0. The van der Waals surface area contributed by atoms with E-state index in [2.05, 4.69) is 15.4 Å². The lowest BCUT2D eigenvalue weighted by Gasteiger charge is -2.26. The fourth-order valence-corrected chi connectivity index (χ4v) is 3.68. The Hall–Kier alpha value is -3.33. The molecule has 0 unspecified atom stereocenters. The summed E-state index contributed by atoms with van der Waals surface area (Å²) in [5.74, 6) is -0.0271. The number of hydrogen-bond acceptors (Lipinski definition) is 6. The van der Waals surface area contributed by atoms with Gasteiger partial charge < -0.3 is 19.6 Å². The number of anilines is 1. The number of alkyl halides is 1. The molecule has 1 saturated heterocycles. The number of ether oxygens (including phenoxy) is 2. The first-order chi connectivity index (χ1) is 15.3. The Morgan fingerprint density at radius 1 is 1.34 bits per heavy atom. The van der Waals surface area contributed by atoms with Crippen molar-refractivity contribution in [2.45, 2.75) is 44.5 Å². The number of aldehydes is 1. The average molecular weight is 440 g/mol. The Morgan fingerprint density at radius 3 is 2.81 bits per heavy atom. The molecule has 0 spiro atoms. The van der Waals surface area contributed by atoms with Crippen LogP contribution >= 0.6 is 0 Å². The van der Waals surface area contributed by atoms with Crippen molar-refractivity contribution in [2.75, 3.05) is 19.0 Å². The minimum absolute atomic E-state index is 0.0265. The number of fused-ring (bicyclic) bond motifs is 1. The highest BCUT2D eigenvalue weighted by Gasteiger charge is 2.24. The fraction of sp³-hybridized carbons (Fsp3) is 0.391. The number of carbonyl (C=O) groups is 2. The highest BCUT2D eigenvalue weighted by molar-refractivity contribution is 6.05. The third kappa shape index (κ3) is 4.47. The summed E-state index contributed by atoms with van der Waals surface area (Å²) in [6.45, 7) is 3.19. The van der Waals surface area contributed by atoms with Crippen LogP contribution in [0, 0.1) is 0 Å². The van der Waals surface area contributed by atoms with Crippen molar-refractivity contribution in [1.82, 2.24) is 14.8 Å². The van der Waals surface area contributed by atoms with E-state index in [1.54, 1.807) is 24.3 Å². The molecule has 168 valence electrons. The van der Waals surface area contributed by atoms with Gasteiger partial charge >= 0.3 is 0 Å². The van der Waals surface area contributed by atoms with Gasteiger partial charge in [0.25, 0.3) is 5.91 Å². The summed E-state index contributed by atoms with van der Waals surface area (Å²) in [6, 6.07) is 8.22. The van der Waals surface area contributed by atoms with Crippen LogP contribution in [0.5, 0.6) is 5.75 Å². The van der Waals surface area contributed by atoms with E-state index in [-0.39, 0.29) is 23.5 Å². The van der Waals surface area contributed by atoms with Crippen molar-refractivity contribution >= 4 is 28.8 Å². The number of methoxy groups -OCH3 is 1. The van der Waals surface area contributed by atoms with Gasteiger partial charge in [-0.1, -0.05) is 6.07 Å². The Morgan fingerprint density at radius 2 is 2.16 bits per heavy atom. The Balaban J connectivity index is 1.59. The minimum Gasteiger partial charge on any atom is -0.494 e. The fourth-order valence-electron chi connectivity index (χ4n) is 3.68. The zero-order chi connectivity index (χ0) is 22.9. The first-order valence-electron chi connectivity index (χ1n) is 10.4. The first-order valence-corrected chi connectivity index (χ1v) is 10.4. The molecule has 0 saturated carbocycles. The quantitative estimate of drug-likeness (QED) is 0.586. The molecule has 1 N–H and O–H groups in total. The molecule has 0 aliphatic carbocycles. The summed E-state index contributed by atoms with van der Waals surface area (Å²) in [4.78, 5) is 27.8. The number of nitrogens with zero attached hydrogens (tertiary/aromatic N) is 3. The summed E-state index contributed by atoms with van der Waals surface area (Å²) in [5.41, 5.74) is -0.208. The molecule has 0 radical (unpaired) electrons. The second-order valence-electron chi connectivity index (χ2n) is 8.29. The number of nitrogens with one attached hydrogen (secondary N) is 1. The van der Waals surface area contributed by atoms with Crippen molar-refractivity contribution in [1.29, 1.82) is 0 Å². The van der Waals surface area contributed by atoms with Crippen LogP contribution in [-0.2, 0) is 15.2 Å². The van der Waals surface area contributed by atoms with E-state index in [4.69, 9.17) is 9.47 Å². The minimum atomic E-state index is -1.66. The largest absolute Gasteiger partial charge is 0.494 e. The lowest BCUT2D eigenvalue weighted by atomic mass is 10.1. The van der Waals surface area contributed by atoms with Crippen LogP contribution < -0.4 is 10.1 Å². The maximum Gasteiger partial charge on any atom is 0.274 e. The van der Waals surface area contributed by atoms with Gasteiger partial charge in [-0.15, -0.1) is 0 Å². The molecule has 1 fully saturated rings. The van der Waals surface area contributed by atoms with Gasteiger partial charge in [0, 0.05) is 17.6 Å². The number of hydrogen-bond donors (Lipinski definition) is 1. The van der Waals surface area contributed by atoms with E-state index in [1.165, 1.54) is 27.0 Å². The van der Waals surface area contributed by atoms with E-state index >= 15 is 0 Å². The predicted octanol–water partition coefficient (Wildman–Crippen LogP) is 3.82. The average Bonchev–Trinajstić information content (AvgIpc) is 3.21. The van der Waals surface area contributed by atoms with Crippen molar-refractivity contribution in [2.24, 2.45) is 0 Å². The number of carbonyl (C=O) groups excluding carboxylic acids is 2. The highest BCUT2D eigenvalue weighted by atomic mass is 19.1. The van der Waals surface area contributed by atoms with Crippen LogP contribution in [0.3, 0.4) is 0 Å². The Kier molecular flexibility index (Phi) is 5.92. The molecular weight excluding hydrogens is 415 g/mol. The molecule has 32 heavy (non-hydrogen) atoms. The molecule has 2 aromatic heterocycles. The van der Waals surface area contributed by atoms with Crippen molar-refractivity contribution in [3.63, 3.8) is 0 Å². The summed E-state index contributed by atoms with van der Waals surface area (Å²) >= 11 is 0. The second-order valence-corrected chi connectivity index (χ2v) is 8.29. The van der Waals surface area contributed by atoms with E-state index in [9.17, 15) is 14.0 Å². The molecular formula is C23H25FN4O4. The summed E-state index contributed by atoms with van der Waals surface area (Å²) < 4.78 is 27.1. The Bertz CT molecular complexity index is 1150. The second kappa shape index (κ2) is 8.66. The number of amides is 1. The summed E-state index contributed by atoms with van der Waals surface area (Å²) in [6.07, 6.45) is 3.79. The van der Waals surface area contributed by atoms with Gasteiger partial charge in [0.05, 0.1) is 36.7 Å². The standard InChI is InChI=1S/C23H25FN4O4/c1-23(2,24)21-6-4-5-17(25-21)22(30)26-19-9-14-11-28(27-18(14)10-20(19)31-3)15-7-8-16(12-29)32-13-15/h4-6,9-12,15-16H,7-8,13H2,1-3H3,(H,26,30)/t15-,16-/m1/s1. The molecule has 0 bridgehead atoms. The van der Waals surface area contributed by atoms with Crippen LogP contribution in [0.15, 0.2) is 36.5 Å². The molecule has 2 atom stereocenters. The molecule has 3 heterocycles. The number of pyridine rings is 1. The summed E-state index contributed by atoms with van der Waals surface area (Å²) in [7, 11) is 1.51. The smallest absolute Gasteiger partial charge is 0.274 e. The SMILES string of the molecule is COc1cc2nn([C@@H]3CC[C@H](C=O)OC3)cc2cc1NC(=O)c1cccc(C(C)(C)F)n1. The topological polar surface area (TPSA) is 95.3 Å². The zero-order valence-corrected chi connectivity index (χ0v) is 18.2. The molecule has 1 amide bonds. The summed E-state index contributed by atoms with van der Waals surface area (Å²) in [5, 5.41) is 8.23. The van der Waals surface area contributed by atoms with Gasteiger partial charge in [-0.2, -0.15) is 5.10 Å².